The van der Waals surface area contributed by atoms with Gasteiger partial charge in [0.2, 0.25) is 5.91 Å². The minimum atomic E-state index is -0.119. The SMILES string of the molecule is Cc1ccccc1C(=O)Nc1ccc2nc(SCC(=O)NC3CCCCC3)sc2c1. The Balaban J connectivity index is 1.37. The van der Waals surface area contributed by atoms with Crippen LogP contribution in [0.4, 0.5) is 5.69 Å². The second kappa shape index (κ2) is 9.62. The lowest BCUT2D eigenvalue weighted by Gasteiger charge is -2.22. The summed E-state index contributed by atoms with van der Waals surface area (Å²) in [5.41, 5.74) is 3.23. The van der Waals surface area contributed by atoms with E-state index in [1.54, 1.807) is 11.3 Å². The van der Waals surface area contributed by atoms with E-state index in [0.29, 0.717) is 17.4 Å². The van der Waals surface area contributed by atoms with Crippen molar-refractivity contribution in [2.45, 2.75) is 49.4 Å². The molecule has 1 saturated carbocycles. The molecule has 1 aromatic heterocycles. The fraction of sp³-hybridized carbons (Fsp3) is 0.348. The van der Waals surface area contributed by atoms with Crippen molar-refractivity contribution in [1.29, 1.82) is 0 Å². The minimum Gasteiger partial charge on any atom is -0.353 e. The number of nitrogens with one attached hydrogen (secondary N) is 2. The Morgan fingerprint density at radius 3 is 2.73 bits per heavy atom. The summed E-state index contributed by atoms with van der Waals surface area (Å²) in [4.78, 5) is 29.4. The van der Waals surface area contributed by atoms with E-state index in [1.165, 1.54) is 31.0 Å². The molecular formula is C23H25N3O2S2. The molecule has 2 N–H and O–H groups in total. The van der Waals surface area contributed by atoms with Crippen LogP contribution >= 0.6 is 23.1 Å². The Bertz CT molecular complexity index is 1060. The Kier molecular flexibility index (Phi) is 6.69. The third-order valence-electron chi connectivity index (χ3n) is 5.31. The zero-order valence-electron chi connectivity index (χ0n) is 16.9. The molecule has 4 rings (SSSR count). The molecule has 1 heterocycles. The van der Waals surface area contributed by atoms with Gasteiger partial charge >= 0.3 is 0 Å². The smallest absolute Gasteiger partial charge is 0.255 e. The summed E-state index contributed by atoms with van der Waals surface area (Å²) < 4.78 is 1.86. The van der Waals surface area contributed by atoms with E-state index in [0.717, 1.165) is 38.6 Å². The van der Waals surface area contributed by atoms with Crippen molar-refractivity contribution in [1.82, 2.24) is 10.3 Å². The third kappa shape index (κ3) is 5.21. The van der Waals surface area contributed by atoms with Gasteiger partial charge in [-0.15, -0.1) is 11.3 Å². The lowest BCUT2D eigenvalue weighted by Crippen LogP contribution is -2.37. The van der Waals surface area contributed by atoms with Crippen LogP contribution in [0, 0.1) is 6.92 Å². The normalized spacial score (nSPS) is 14.6. The Labute approximate surface area is 184 Å². The van der Waals surface area contributed by atoms with Crippen molar-refractivity contribution in [3.63, 3.8) is 0 Å². The summed E-state index contributed by atoms with van der Waals surface area (Å²) in [5, 5.41) is 6.11. The zero-order chi connectivity index (χ0) is 20.9. The fourth-order valence-electron chi connectivity index (χ4n) is 3.71. The van der Waals surface area contributed by atoms with Crippen molar-refractivity contribution in [2.75, 3.05) is 11.1 Å². The molecule has 0 bridgehead atoms. The molecule has 1 aliphatic rings. The maximum atomic E-state index is 12.5. The van der Waals surface area contributed by atoms with Crippen LogP contribution in [-0.4, -0.2) is 28.6 Å². The summed E-state index contributed by atoms with van der Waals surface area (Å²) in [5.74, 6) is 0.344. The molecule has 2 amide bonds. The number of anilines is 1. The van der Waals surface area contributed by atoms with Gasteiger partial charge in [0.05, 0.1) is 16.0 Å². The number of rotatable bonds is 6. The molecule has 0 saturated heterocycles. The first-order chi connectivity index (χ1) is 14.6. The van der Waals surface area contributed by atoms with E-state index in [1.807, 2.05) is 49.4 Å². The zero-order valence-corrected chi connectivity index (χ0v) is 18.6. The van der Waals surface area contributed by atoms with Crippen LogP contribution in [0.3, 0.4) is 0 Å². The summed E-state index contributed by atoms with van der Waals surface area (Å²) in [7, 11) is 0. The quantitative estimate of drug-likeness (QED) is 0.505. The molecule has 2 aromatic carbocycles. The number of aromatic nitrogens is 1. The van der Waals surface area contributed by atoms with E-state index in [-0.39, 0.29) is 11.8 Å². The van der Waals surface area contributed by atoms with Gasteiger partial charge in [0.25, 0.3) is 5.91 Å². The van der Waals surface area contributed by atoms with Crippen molar-refractivity contribution in [3.8, 4) is 0 Å². The average Bonchev–Trinajstić information content (AvgIpc) is 3.15. The molecule has 3 aromatic rings. The Morgan fingerprint density at radius 2 is 1.93 bits per heavy atom. The topological polar surface area (TPSA) is 71.1 Å². The largest absolute Gasteiger partial charge is 0.353 e. The highest BCUT2D eigenvalue weighted by molar-refractivity contribution is 8.01. The summed E-state index contributed by atoms with van der Waals surface area (Å²) in [6.45, 7) is 1.93. The van der Waals surface area contributed by atoms with Gasteiger partial charge in [0.15, 0.2) is 4.34 Å². The molecule has 5 nitrogen and oxygen atoms in total. The lowest BCUT2D eigenvalue weighted by molar-refractivity contribution is -0.119. The number of amides is 2. The number of nitrogens with zero attached hydrogens (tertiary/aromatic N) is 1. The Hall–Kier alpha value is -2.38. The van der Waals surface area contributed by atoms with Gasteiger partial charge in [-0.2, -0.15) is 0 Å². The van der Waals surface area contributed by atoms with Crippen LogP contribution in [0.25, 0.3) is 10.2 Å². The first-order valence-corrected chi connectivity index (χ1v) is 12.1. The van der Waals surface area contributed by atoms with Crippen LogP contribution in [0.15, 0.2) is 46.8 Å². The number of thiazole rings is 1. The number of thioether (sulfide) groups is 1. The first-order valence-electron chi connectivity index (χ1n) is 10.3. The van der Waals surface area contributed by atoms with Crippen LogP contribution in [0.5, 0.6) is 0 Å². The van der Waals surface area contributed by atoms with Crippen molar-refractivity contribution in [2.24, 2.45) is 0 Å². The van der Waals surface area contributed by atoms with Crippen LogP contribution in [0.1, 0.15) is 48.0 Å². The molecule has 1 aliphatic carbocycles. The maximum absolute atomic E-state index is 12.5. The number of carbonyl (C=O) groups excluding carboxylic acids is 2. The van der Waals surface area contributed by atoms with E-state index in [2.05, 4.69) is 15.6 Å². The first kappa shape index (κ1) is 20.9. The van der Waals surface area contributed by atoms with Gasteiger partial charge in [-0.05, 0) is 49.6 Å². The van der Waals surface area contributed by atoms with E-state index >= 15 is 0 Å². The van der Waals surface area contributed by atoms with Gasteiger partial charge in [-0.25, -0.2) is 4.98 Å². The minimum absolute atomic E-state index is 0.0809. The van der Waals surface area contributed by atoms with Crippen molar-refractivity contribution < 1.29 is 9.59 Å². The fourth-order valence-corrected chi connectivity index (χ4v) is 5.63. The monoisotopic (exact) mass is 439 g/mol. The highest BCUT2D eigenvalue weighted by atomic mass is 32.2. The molecule has 0 aliphatic heterocycles. The highest BCUT2D eigenvalue weighted by Crippen LogP contribution is 2.31. The maximum Gasteiger partial charge on any atom is 0.255 e. The van der Waals surface area contributed by atoms with E-state index < -0.39 is 0 Å². The van der Waals surface area contributed by atoms with Gasteiger partial charge in [-0.3, -0.25) is 9.59 Å². The van der Waals surface area contributed by atoms with E-state index in [4.69, 9.17) is 0 Å². The van der Waals surface area contributed by atoms with Crippen molar-refractivity contribution >= 4 is 50.8 Å². The van der Waals surface area contributed by atoms with Crippen LogP contribution in [-0.2, 0) is 4.79 Å². The number of hydrogen-bond donors (Lipinski definition) is 2. The van der Waals surface area contributed by atoms with E-state index in [9.17, 15) is 9.59 Å². The van der Waals surface area contributed by atoms with Crippen LogP contribution < -0.4 is 10.6 Å². The average molecular weight is 440 g/mol. The van der Waals surface area contributed by atoms with Gasteiger partial charge in [0.1, 0.15) is 0 Å². The van der Waals surface area contributed by atoms with Gasteiger partial charge in [-0.1, -0.05) is 49.2 Å². The molecule has 0 unspecified atom stereocenters. The molecule has 0 radical (unpaired) electrons. The lowest BCUT2D eigenvalue weighted by atomic mass is 9.95. The number of hydrogen-bond acceptors (Lipinski definition) is 5. The van der Waals surface area contributed by atoms with Crippen molar-refractivity contribution in [3.05, 3.63) is 53.6 Å². The summed E-state index contributed by atoms with van der Waals surface area (Å²) in [6, 6.07) is 13.6. The number of carbonyl (C=O) groups is 2. The van der Waals surface area contributed by atoms with Gasteiger partial charge < -0.3 is 10.6 Å². The Morgan fingerprint density at radius 1 is 1.13 bits per heavy atom. The highest BCUT2D eigenvalue weighted by Gasteiger charge is 2.16. The molecular weight excluding hydrogens is 414 g/mol. The number of benzene rings is 2. The standard InChI is InChI=1S/C23H25N3O2S2/c1-15-7-5-6-10-18(15)22(28)25-17-11-12-19-20(13-17)30-23(26-19)29-14-21(27)24-16-8-3-2-4-9-16/h5-7,10-13,16H,2-4,8-9,14H2,1H3,(H,24,27)(H,25,28). The number of aryl methyl sites for hydroxylation is 1. The third-order valence-corrected chi connectivity index (χ3v) is 7.47. The summed E-state index contributed by atoms with van der Waals surface area (Å²) in [6.07, 6.45) is 5.88. The number of fused-ring (bicyclic) bond motifs is 1. The molecule has 1 fully saturated rings. The molecule has 7 heteroatoms. The molecule has 30 heavy (non-hydrogen) atoms. The predicted molar refractivity (Wildman–Crippen MR) is 124 cm³/mol. The predicted octanol–water partition coefficient (Wildman–Crippen LogP) is 5.40. The molecule has 0 atom stereocenters. The second-order valence-electron chi connectivity index (χ2n) is 7.62. The van der Waals surface area contributed by atoms with Gasteiger partial charge in [0, 0.05) is 17.3 Å². The molecule has 0 spiro atoms. The summed E-state index contributed by atoms with van der Waals surface area (Å²) >= 11 is 3.02. The second-order valence-corrected chi connectivity index (χ2v) is 9.88. The van der Waals surface area contributed by atoms with Crippen LogP contribution in [0.2, 0.25) is 0 Å². The molecule has 156 valence electrons.